The molecule has 5 atom stereocenters. The van der Waals surface area contributed by atoms with E-state index in [1.54, 1.807) is 0 Å². The highest BCUT2D eigenvalue weighted by Gasteiger charge is 2.48. The quantitative estimate of drug-likeness (QED) is 0.331. The van der Waals surface area contributed by atoms with Crippen molar-refractivity contribution < 1.29 is 24.9 Å². The molecule has 2 aromatic heterocycles. The van der Waals surface area contributed by atoms with E-state index in [1.165, 1.54) is 17.2 Å². The number of rotatable bonds is 6. The number of ether oxygens (including phenoxy) is 1. The summed E-state index contributed by atoms with van der Waals surface area (Å²) in [7, 11) is 0. The van der Waals surface area contributed by atoms with Gasteiger partial charge in [-0.3, -0.25) is 9.36 Å². The number of imidazole rings is 1. The van der Waals surface area contributed by atoms with Crippen LogP contribution in [0.5, 0.6) is 0 Å². The first-order valence-corrected chi connectivity index (χ1v) is 9.39. The minimum absolute atomic E-state index is 0.160. The molecule has 158 valence electrons. The van der Waals surface area contributed by atoms with Crippen LogP contribution in [0.1, 0.15) is 11.8 Å². The van der Waals surface area contributed by atoms with Gasteiger partial charge in [0.05, 0.1) is 19.0 Å². The lowest BCUT2D eigenvalue weighted by Crippen LogP contribution is -2.48. The van der Waals surface area contributed by atoms with Crippen molar-refractivity contribution in [3.8, 4) is 0 Å². The molecule has 1 amide bonds. The predicted molar refractivity (Wildman–Crippen MR) is 105 cm³/mol. The molecule has 4 rings (SSSR count). The fourth-order valence-corrected chi connectivity index (χ4v) is 3.51. The molecule has 1 aliphatic heterocycles. The first kappa shape index (κ1) is 20.2. The topological polar surface area (TPSA) is 169 Å². The average molecular weight is 414 g/mol. The third kappa shape index (κ3) is 3.71. The number of carbonyl (C=O) groups excluding carboxylic acids is 1. The summed E-state index contributed by atoms with van der Waals surface area (Å²) in [6.07, 6.45) is -2.34. The standard InChI is InChI=1S/C19H22N6O5/c20-16-12-17(22-8-21-16)25(9-23-12)19-14(28)13(27)15(30-19)18(29)24-11(7-26)6-10-4-2-1-3-5-10/h1-5,8-9,11,13-15,19,26-28H,6-7H2,(H,24,29)(H2,20,21,22)/t11-,13+,14-,15+,19-/m1/s1. The number of nitrogen functional groups attached to an aromatic ring is 1. The molecule has 3 heterocycles. The number of amides is 1. The van der Waals surface area contributed by atoms with Crippen molar-refractivity contribution in [1.29, 1.82) is 0 Å². The molecule has 1 aliphatic rings. The second-order valence-electron chi connectivity index (χ2n) is 7.09. The van der Waals surface area contributed by atoms with Gasteiger partial charge in [0.1, 0.15) is 24.1 Å². The largest absolute Gasteiger partial charge is 0.394 e. The zero-order chi connectivity index (χ0) is 21.3. The number of aliphatic hydroxyl groups is 3. The molecule has 30 heavy (non-hydrogen) atoms. The van der Waals surface area contributed by atoms with Crippen molar-refractivity contribution in [3.63, 3.8) is 0 Å². The van der Waals surface area contributed by atoms with Crippen LogP contribution in [0.2, 0.25) is 0 Å². The number of benzene rings is 1. The second-order valence-corrected chi connectivity index (χ2v) is 7.09. The van der Waals surface area contributed by atoms with Crippen molar-refractivity contribution in [1.82, 2.24) is 24.8 Å². The van der Waals surface area contributed by atoms with Gasteiger partial charge in [0.15, 0.2) is 23.8 Å². The lowest BCUT2D eigenvalue weighted by molar-refractivity contribution is -0.138. The van der Waals surface area contributed by atoms with E-state index >= 15 is 0 Å². The Kier molecular flexibility index (Phi) is 5.59. The van der Waals surface area contributed by atoms with Gasteiger partial charge in [0.2, 0.25) is 0 Å². The molecular weight excluding hydrogens is 392 g/mol. The summed E-state index contributed by atoms with van der Waals surface area (Å²) in [6, 6.07) is 8.79. The van der Waals surface area contributed by atoms with Crippen molar-refractivity contribution >= 4 is 22.9 Å². The molecule has 0 aliphatic carbocycles. The Morgan fingerprint density at radius 1 is 1.20 bits per heavy atom. The van der Waals surface area contributed by atoms with Crippen LogP contribution >= 0.6 is 0 Å². The molecule has 0 radical (unpaired) electrons. The maximum absolute atomic E-state index is 12.7. The smallest absolute Gasteiger partial charge is 0.252 e. The normalized spacial score (nSPS) is 24.8. The summed E-state index contributed by atoms with van der Waals surface area (Å²) >= 11 is 0. The SMILES string of the molecule is Nc1ncnc2c1ncn2[C@@H]1O[C@H](C(=O)N[C@@H](CO)Cc2ccccc2)[C@@H](O)[C@H]1O. The van der Waals surface area contributed by atoms with E-state index in [-0.39, 0.29) is 12.4 Å². The number of carbonyl (C=O) groups is 1. The van der Waals surface area contributed by atoms with Gasteiger partial charge in [-0.1, -0.05) is 30.3 Å². The van der Waals surface area contributed by atoms with Gasteiger partial charge in [-0.15, -0.1) is 0 Å². The highest BCUT2D eigenvalue weighted by atomic mass is 16.6. The van der Waals surface area contributed by atoms with Crippen LogP contribution in [0.15, 0.2) is 43.0 Å². The van der Waals surface area contributed by atoms with Crippen LogP contribution in [0, 0.1) is 0 Å². The maximum Gasteiger partial charge on any atom is 0.252 e. The molecule has 0 saturated carbocycles. The predicted octanol–water partition coefficient (Wildman–Crippen LogP) is -1.25. The van der Waals surface area contributed by atoms with Gasteiger partial charge in [-0.05, 0) is 12.0 Å². The number of fused-ring (bicyclic) bond motifs is 1. The van der Waals surface area contributed by atoms with Crippen LogP contribution < -0.4 is 11.1 Å². The van der Waals surface area contributed by atoms with E-state index in [0.29, 0.717) is 17.6 Å². The highest BCUT2D eigenvalue weighted by Crippen LogP contribution is 2.32. The summed E-state index contributed by atoms with van der Waals surface area (Å²) in [5, 5.41) is 33.2. The van der Waals surface area contributed by atoms with Gasteiger partial charge in [-0.2, -0.15) is 0 Å². The fourth-order valence-electron chi connectivity index (χ4n) is 3.51. The third-order valence-corrected chi connectivity index (χ3v) is 5.05. The van der Waals surface area contributed by atoms with Gasteiger partial charge < -0.3 is 31.1 Å². The molecule has 11 heteroatoms. The zero-order valence-corrected chi connectivity index (χ0v) is 15.9. The average Bonchev–Trinajstić information content (AvgIpc) is 3.30. The minimum Gasteiger partial charge on any atom is -0.394 e. The zero-order valence-electron chi connectivity index (χ0n) is 15.9. The molecule has 1 aromatic carbocycles. The number of nitrogens with zero attached hydrogens (tertiary/aromatic N) is 4. The number of hydrogen-bond acceptors (Lipinski definition) is 9. The van der Waals surface area contributed by atoms with Gasteiger partial charge in [0, 0.05) is 0 Å². The summed E-state index contributed by atoms with van der Waals surface area (Å²) in [6.45, 7) is -0.294. The summed E-state index contributed by atoms with van der Waals surface area (Å²) in [4.78, 5) is 24.8. The maximum atomic E-state index is 12.7. The summed E-state index contributed by atoms with van der Waals surface area (Å²) < 4.78 is 7.05. The molecule has 0 spiro atoms. The Bertz CT molecular complexity index is 1030. The molecule has 1 saturated heterocycles. The van der Waals surface area contributed by atoms with Gasteiger partial charge in [0.25, 0.3) is 5.91 Å². The van der Waals surface area contributed by atoms with E-state index < -0.39 is 36.5 Å². The highest BCUT2D eigenvalue weighted by molar-refractivity contribution is 5.83. The van der Waals surface area contributed by atoms with Crippen molar-refractivity contribution in [2.45, 2.75) is 37.0 Å². The van der Waals surface area contributed by atoms with Crippen molar-refractivity contribution in [3.05, 3.63) is 48.5 Å². The summed E-state index contributed by atoms with van der Waals surface area (Å²) in [5.41, 5.74) is 7.33. The van der Waals surface area contributed by atoms with Crippen LogP contribution in [0.4, 0.5) is 5.82 Å². The van der Waals surface area contributed by atoms with Crippen LogP contribution in [0.25, 0.3) is 11.2 Å². The Morgan fingerprint density at radius 3 is 2.70 bits per heavy atom. The number of anilines is 1. The molecule has 3 aromatic rings. The lowest BCUT2D eigenvalue weighted by Gasteiger charge is -2.20. The Labute approximate surface area is 171 Å². The molecular formula is C19H22N6O5. The molecule has 1 fully saturated rings. The van der Waals surface area contributed by atoms with E-state index in [2.05, 4.69) is 20.3 Å². The monoisotopic (exact) mass is 414 g/mol. The van der Waals surface area contributed by atoms with Crippen LogP contribution in [-0.4, -0.2) is 71.7 Å². The van der Waals surface area contributed by atoms with E-state index in [4.69, 9.17) is 10.5 Å². The summed E-state index contributed by atoms with van der Waals surface area (Å²) in [5.74, 6) is -0.481. The molecule has 11 nitrogen and oxygen atoms in total. The Hall–Kier alpha value is -3.12. The lowest BCUT2D eigenvalue weighted by atomic mass is 10.1. The van der Waals surface area contributed by atoms with E-state index in [1.807, 2.05) is 30.3 Å². The van der Waals surface area contributed by atoms with Crippen LogP contribution in [0.3, 0.4) is 0 Å². The van der Waals surface area contributed by atoms with Crippen molar-refractivity contribution in [2.75, 3.05) is 12.3 Å². The Morgan fingerprint density at radius 2 is 1.97 bits per heavy atom. The minimum atomic E-state index is -1.48. The van der Waals surface area contributed by atoms with Gasteiger partial charge in [-0.25, -0.2) is 15.0 Å². The van der Waals surface area contributed by atoms with Crippen LogP contribution in [-0.2, 0) is 16.0 Å². The number of nitrogens with two attached hydrogens (primary N) is 1. The molecule has 0 bridgehead atoms. The number of nitrogens with one attached hydrogen (secondary N) is 1. The molecule has 0 unspecified atom stereocenters. The molecule has 6 N–H and O–H groups in total. The second kappa shape index (κ2) is 8.32. The Balaban J connectivity index is 1.49. The number of hydrogen-bond donors (Lipinski definition) is 5. The van der Waals surface area contributed by atoms with E-state index in [9.17, 15) is 20.1 Å². The number of aromatic nitrogens is 4. The number of aliphatic hydroxyl groups excluding tert-OH is 3. The first-order chi connectivity index (χ1) is 14.5. The fraction of sp³-hybridized carbons (Fsp3) is 0.368. The van der Waals surface area contributed by atoms with Gasteiger partial charge >= 0.3 is 0 Å². The van der Waals surface area contributed by atoms with Crippen molar-refractivity contribution in [2.24, 2.45) is 0 Å². The third-order valence-electron chi connectivity index (χ3n) is 5.05. The van der Waals surface area contributed by atoms with E-state index in [0.717, 1.165) is 5.56 Å². The first-order valence-electron chi connectivity index (χ1n) is 9.39.